The summed E-state index contributed by atoms with van der Waals surface area (Å²) in [4.78, 5) is 20.8. The van der Waals surface area contributed by atoms with E-state index in [1.54, 1.807) is 0 Å². The molecule has 0 fully saturated rings. The molecular weight excluding hydrogens is 534 g/mol. The van der Waals surface area contributed by atoms with Crippen LogP contribution in [-0.4, -0.2) is 130 Å². The van der Waals surface area contributed by atoms with Crippen LogP contribution in [-0.2, 0) is 38.0 Å². The number of azide groups is 3. The van der Waals surface area contributed by atoms with Crippen LogP contribution in [0.25, 0.3) is 31.3 Å². The fourth-order valence-corrected chi connectivity index (χ4v) is 2.85. The zero-order chi connectivity index (χ0) is 29.4. The van der Waals surface area contributed by atoms with Gasteiger partial charge in [-0.3, -0.25) is 4.79 Å². The van der Waals surface area contributed by atoms with Crippen LogP contribution in [0.3, 0.4) is 0 Å². The Bertz CT molecular complexity index is 711. The molecule has 40 heavy (non-hydrogen) atoms. The Morgan fingerprint density at radius 1 is 0.600 bits per heavy atom. The number of hydrogen-bond donors (Lipinski definition) is 2. The molecule has 0 atom stereocenters. The topological polar surface area (TPSA) is 266 Å². The monoisotopic (exact) mass is 575 g/mol. The van der Waals surface area contributed by atoms with Crippen molar-refractivity contribution in [2.75, 3.05) is 119 Å². The molecule has 0 saturated carbocycles. The molecule has 0 spiro atoms. The third-order valence-electron chi connectivity index (χ3n) is 4.59. The highest BCUT2D eigenvalue weighted by atomic mass is 16.6. The van der Waals surface area contributed by atoms with Gasteiger partial charge >= 0.3 is 0 Å². The molecule has 0 aliphatic rings. The van der Waals surface area contributed by atoms with Crippen molar-refractivity contribution in [1.29, 1.82) is 0 Å². The summed E-state index contributed by atoms with van der Waals surface area (Å²) in [5, 5.41) is 13.1. The summed E-state index contributed by atoms with van der Waals surface area (Å²) in [7, 11) is 0. The van der Waals surface area contributed by atoms with E-state index in [0.717, 1.165) is 0 Å². The normalized spacial score (nSPS) is 12.0. The number of ether oxygens (including phenoxy) is 7. The van der Waals surface area contributed by atoms with Gasteiger partial charge in [-0.15, -0.1) is 0 Å². The molecule has 3 N–H and O–H groups in total. The zero-order valence-electron chi connectivity index (χ0n) is 22.8. The Hall–Kier alpha value is -2.92. The molecule has 0 aromatic carbocycles. The molecule has 0 rings (SSSR count). The molecule has 228 valence electrons. The van der Waals surface area contributed by atoms with Gasteiger partial charge in [0.15, 0.2) is 0 Å². The first-order valence-electron chi connectivity index (χ1n) is 12.7. The third kappa shape index (κ3) is 24.1. The van der Waals surface area contributed by atoms with Gasteiger partial charge in [0.2, 0.25) is 5.91 Å². The van der Waals surface area contributed by atoms with Gasteiger partial charge < -0.3 is 44.2 Å². The number of nitrogens with two attached hydrogens (primary N) is 1. The molecule has 0 bridgehead atoms. The minimum Gasteiger partial charge on any atom is -0.379 e. The molecule has 0 aromatic heterocycles. The molecular formula is C21H41N11O8. The van der Waals surface area contributed by atoms with Gasteiger partial charge in [-0.1, -0.05) is 15.3 Å². The second-order valence-electron chi connectivity index (χ2n) is 7.84. The summed E-state index contributed by atoms with van der Waals surface area (Å²) < 4.78 is 38.3. The maximum atomic E-state index is 12.7. The predicted octanol–water partition coefficient (Wildman–Crippen LogP) is 1.24. The smallest absolute Gasteiger partial charge is 0.222 e. The molecule has 19 nitrogen and oxygen atoms in total. The molecule has 0 heterocycles. The second-order valence-corrected chi connectivity index (χ2v) is 7.84. The van der Waals surface area contributed by atoms with Crippen LogP contribution in [0.5, 0.6) is 0 Å². The second kappa shape index (κ2) is 29.1. The Balaban J connectivity index is 4.63. The highest BCUT2D eigenvalue weighted by molar-refractivity contribution is 5.77. The SMILES string of the molecule is [N-]=[N+]=NCCOCC(COCCN=[N+]=[N-])(COCCN=[N+]=[N-])NC(=O)CCOCCOCCOCCOCCN. The molecule has 1 amide bonds. The van der Waals surface area contributed by atoms with Gasteiger partial charge in [-0.2, -0.15) is 0 Å². The zero-order valence-corrected chi connectivity index (χ0v) is 22.8. The number of nitrogens with zero attached hydrogens (tertiary/aromatic N) is 9. The van der Waals surface area contributed by atoms with Crippen LogP contribution in [0, 0.1) is 0 Å². The number of amides is 1. The highest BCUT2D eigenvalue weighted by Crippen LogP contribution is 2.10. The van der Waals surface area contributed by atoms with Crippen LogP contribution in [0.15, 0.2) is 15.3 Å². The van der Waals surface area contributed by atoms with E-state index < -0.39 is 5.54 Å². The van der Waals surface area contributed by atoms with E-state index in [1.165, 1.54) is 0 Å². The van der Waals surface area contributed by atoms with E-state index in [4.69, 9.17) is 55.5 Å². The lowest BCUT2D eigenvalue weighted by molar-refractivity contribution is -0.128. The van der Waals surface area contributed by atoms with Crippen LogP contribution < -0.4 is 11.1 Å². The van der Waals surface area contributed by atoms with Crippen LogP contribution in [0.1, 0.15) is 6.42 Å². The maximum Gasteiger partial charge on any atom is 0.222 e. The van der Waals surface area contributed by atoms with Gasteiger partial charge in [0, 0.05) is 47.3 Å². The van der Waals surface area contributed by atoms with Crippen molar-refractivity contribution in [3.8, 4) is 0 Å². The molecule has 0 aromatic rings. The lowest BCUT2D eigenvalue weighted by atomic mass is 10.0. The molecule has 0 unspecified atom stereocenters. The largest absolute Gasteiger partial charge is 0.379 e. The average molecular weight is 576 g/mol. The standard InChI is InChI=1S/C21H41N11O8/c22-2-7-35-12-14-37-16-15-36-13-11-34-6-1-20(33)29-21(17-38-8-3-26-30-23,18-39-9-4-27-31-24)19-40-10-5-28-32-25/h1-19,22H2,(H,29,33). The fraction of sp³-hybridized carbons (Fsp3) is 0.952. The third-order valence-corrected chi connectivity index (χ3v) is 4.59. The van der Waals surface area contributed by atoms with Crippen molar-refractivity contribution in [2.45, 2.75) is 12.0 Å². The van der Waals surface area contributed by atoms with Crippen molar-refractivity contribution >= 4 is 5.91 Å². The molecule has 19 heteroatoms. The average Bonchev–Trinajstić information content (AvgIpc) is 2.95. The minimum absolute atomic E-state index is 0.0291. The fourth-order valence-electron chi connectivity index (χ4n) is 2.85. The first-order chi connectivity index (χ1) is 19.6. The summed E-state index contributed by atoms with van der Waals surface area (Å²) >= 11 is 0. The summed E-state index contributed by atoms with van der Waals surface area (Å²) in [6, 6.07) is 0. The summed E-state index contributed by atoms with van der Waals surface area (Å²) in [6.45, 7) is 4.07. The Morgan fingerprint density at radius 3 is 1.35 bits per heavy atom. The number of carbonyl (C=O) groups excluding carboxylic acids is 1. The van der Waals surface area contributed by atoms with Crippen molar-refractivity contribution < 1.29 is 38.0 Å². The minimum atomic E-state index is -1.13. The lowest BCUT2D eigenvalue weighted by Crippen LogP contribution is -2.59. The summed E-state index contributed by atoms with van der Waals surface area (Å²) in [6.07, 6.45) is 0.0455. The van der Waals surface area contributed by atoms with Crippen molar-refractivity contribution in [3.05, 3.63) is 31.3 Å². The quantitative estimate of drug-likeness (QED) is 0.0538. The van der Waals surface area contributed by atoms with E-state index in [0.29, 0.717) is 52.8 Å². The number of nitrogens with one attached hydrogen (secondary N) is 1. The Labute approximate surface area is 232 Å². The number of carbonyl (C=O) groups is 1. The number of rotatable bonds is 30. The van der Waals surface area contributed by atoms with Gasteiger partial charge in [0.05, 0.1) is 92.5 Å². The molecule has 0 radical (unpaired) electrons. The Morgan fingerprint density at radius 2 is 0.975 bits per heavy atom. The van der Waals surface area contributed by atoms with E-state index in [-0.39, 0.29) is 78.2 Å². The van der Waals surface area contributed by atoms with Gasteiger partial charge in [-0.05, 0) is 16.6 Å². The van der Waals surface area contributed by atoms with Crippen molar-refractivity contribution in [1.82, 2.24) is 5.32 Å². The first-order valence-corrected chi connectivity index (χ1v) is 12.7. The highest BCUT2D eigenvalue weighted by Gasteiger charge is 2.33. The molecule has 0 saturated heterocycles. The maximum absolute atomic E-state index is 12.7. The first kappa shape index (κ1) is 37.1. The van der Waals surface area contributed by atoms with Crippen LogP contribution in [0.2, 0.25) is 0 Å². The van der Waals surface area contributed by atoms with E-state index >= 15 is 0 Å². The van der Waals surface area contributed by atoms with Gasteiger partial charge in [0.1, 0.15) is 5.54 Å². The molecule has 0 aliphatic carbocycles. The molecule has 0 aliphatic heterocycles. The number of hydrogen-bond acceptors (Lipinski definition) is 12. The van der Waals surface area contributed by atoms with Crippen molar-refractivity contribution in [2.24, 2.45) is 21.1 Å². The predicted molar refractivity (Wildman–Crippen MR) is 142 cm³/mol. The van der Waals surface area contributed by atoms with Crippen molar-refractivity contribution in [3.63, 3.8) is 0 Å². The Kier molecular flexibility index (Phi) is 26.9. The lowest BCUT2D eigenvalue weighted by Gasteiger charge is -2.34. The van der Waals surface area contributed by atoms with E-state index in [2.05, 4.69) is 35.4 Å². The van der Waals surface area contributed by atoms with Crippen LogP contribution in [0.4, 0.5) is 0 Å². The van der Waals surface area contributed by atoms with Gasteiger partial charge in [-0.25, -0.2) is 0 Å². The van der Waals surface area contributed by atoms with Crippen LogP contribution >= 0.6 is 0 Å². The van der Waals surface area contributed by atoms with Gasteiger partial charge in [0.25, 0.3) is 0 Å². The van der Waals surface area contributed by atoms with E-state index in [1.807, 2.05) is 0 Å². The van der Waals surface area contributed by atoms with E-state index in [9.17, 15) is 4.79 Å². The summed E-state index contributed by atoms with van der Waals surface area (Å²) in [5.74, 6) is -0.345. The summed E-state index contributed by atoms with van der Waals surface area (Å²) in [5.41, 5.74) is 29.5.